The van der Waals surface area contributed by atoms with Gasteiger partial charge in [-0.1, -0.05) is 30.3 Å². The van der Waals surface area contributed by atoms with E-state index >= 15 is 0 Å². The van der Waals surface area contributed by atoms with Gasteiger partial charge in [0, 0.05) is 40.3 Å². The van der Waals surface area contributed by atoms with Crippen molar-refractivity contribution in [1.29, 1.82) is 0 Å². The van der Waals surface area contributed by atoms with Crippen LogP contribution in [0.15, 0.2) is 66.7 Å². The van der Waals surface area contributed by atoms with E-state index in [1.807, 2.05) is 49.4 Å². The smallest absolute Gasteiger partial charge is 0.755 e. The number of hydrogen-bond donors (Lipinski definition) is 3. The first-order valence-electron chi connectivity index (χ1n) is 8.92. The molecule has 2 heterocycles. The normalized spacial score (nSPS) is 11.3. The third-order valence-corrected chi connectivity index (χ3v) is 4.40. The summed E-state index contributed by atoms with van der Waals surface area (Å²) < 4.78 is 29.5. The van der Waals surface area contributed by atoms with Gasteiger partial charge in [0.2, 0.25) is 0 Å². The molecule has 152 valence electrons. The summed E-state index contributed by atoms with van der Waals surface area (Å²) in [6.07, 6.45) is 0. The minimum atomic E-state index is -2.39. The van der Waals surface area contributed by atoms with Crippen LogP contribution in [0.2, 0.25) is 0 Å². The van der Waals surface area contributed by atoms with E-state index in [9.17, 15) is 8.76 Å². The van der Waals surface area contributed by atoms with Gasteiger partial charge >= 0.3 is 47.3 Å². The summed E-state index contributed by atoms with van der Waals surface area (Å²) in [7, 11) is 0. The molecule has 9 nitrogen and oxygen atoms in total. The number of nitrogens with zero attached hydrogens (tertiary/aromatic N) is 3. The van der Waals surface area contributed by atoms with Gasteiger partial charge in [0.05, 0.1) is 5.69 Å². The molecule has 0 amide bonds. The average Bonchev–Trinajstić information content (AvgIpc) is 3.14. The molecular weight excluding hydrogens is 545 g/mol. The molecule has 4 aromatic rings. The van der Waals surface area contributed by atoms with Crippen LogP contribution in [0.1, 0.15) is 5.69 Å². The van der Waals surface area contributed by atoms with E-state index in [4.69, 9.17) is 4.74 Å². The first-order chi connectivity index (χ1) is 14.5. The van der Waals surface area contributed by atoms with Gasteiger partial charge in [0.25, 0.3) is 0 Å². The van der Waals surface area contributed by atoms with Gasteiger partial charge in [-0.2, -0.15) is 15.1 Å². The third kappa shape index (κ3) is 6.54. The predicted octanol–water partition coefficient (Wildman–Crippen LogP) is 3.92. The Morgan fingerprint density at radius 3 is 2.39 bits per heavy atom. The number of anilines is 3. The zero-order valence-corrected chi connectivity index (χ0v) is 20.9. The van der Waals surface area contributed by atoms with Crippen molar-refractivity contribution in [3.63, 3.8) is 0 Å². The number of rotatable bonds is 7. The zero-order valence-electron chi connectivity index (χ0n) is 16.4. The molecule has 0 saturated heterocycles. The molecule has 1 unspecified atom stereocenters. The fourth-order valence-corrected chi connectivity index (χ4v) is 3.03. The first-order valence-corrected chi connectivity index (χ1v) is 10.00. The molecule has 0 aliphatic carbocycles. The van der Waals surface area contributed by atoms with E-state index in [1.165, 1.54) is 0 Å². The maximum atomic E-state index is 10.7. The van der Waals surface area contributed by atoms with Crippen molar-refractivity contribution >= 4 is 28.6 Å². The van der Waals surface area contributed by atoms with E-state index in [1.54, 1.807) is 24.3 Å². The standard InChI is InChI=1S/C20H18N6O3S.Pr/c1-13-11-19(25-24-13)22-18-12-17(14-5-3-2-4-6-14)21-20(23-18)29-16-9-7-15(8-10-16)26-30(27)28;/h2-12,26H,1H3,(H,27,28)(H2,21,22,23,24,25);/q;+3/p-1. The van der Waals surface area contributed by atoms with Crippen LogP contribution in [-0.2, 0) is 11.3 Å². The van der Waals surface area contributed by atoms with Gasteiger partial charge in [0.15, 0.2) is 5.82 Å². The molecule has 0 bridgehead atoms. The monoisotopic (exact) mass is 562 g/mol. The van der Waals surface area contributed by atoms with Crippen LogP contribution < -0.4 is 14.8 Å². The molecule has 0 radical (unpaired) electrons. The third-order valence-electron chi connectivity index (χ3n) is 4.00. The van der Waals surface area contributed by atoms with Gasteiger partial charge in [-0.25, -0.2) is 0 Å². The van der Waals surface area contributed by atoms with E-state index in [2.05, 4.69) is 30.2 Å². The second kappa shape index (κ2) is 10.8. The molecule has 4 rings (SSSR count). The van der Waals surface area contributed by atoms with Crippen LogP contribution in [0.3, 0.4) is 0 Å². The van der Waals surface area contributed by atoms with Gasteiger partial charge in [-0.05, 0) is 31.2 Å². The molecule has 2 aromatic carbocycles. The molecule has 11 heteroatoms. The summed E-state index contributed by atoms with van der Waals surface area (Å²) in [6, 6.07) is 19.9. The molecule has 31 heavy (non-hydrogen) atoms. The van der Waals surface area contributed by atoms with Crippen molar-refractivity contribution < 1.29 is 54.8 Å². The Hall–Kier alpha value is -2.40. The molecule has 0 aliphatic rings. The molecule has 0 spiro atoms. The van der Waals surface area contributed by atoms with Crippen LogP contribution in [0.4, 0.5) is 17.3 Å². The Morgan fingerprint density at radius 2 is 1.74 bits per heavy atom. The molecule has 3 N–H and O–H groups in total. The molecule has 1 atom stereocenters. The molecule has 0 aliphatic heterocycles. The number of H-pyrrole nitrogens is 1. The van der Waals surface area contributed by atoms with Gasteiger partial charge < -0.3 is 19.3 Å². The Labute approximate surface area is 214 Å². The SMILES string of the molecule is Cc1cc(Nc2cc(-c3ccccc3)nc(Oc3ccc(NS(=O)[O-])cc3)n2)n[nH]1.[Pr+3]. The van der Waals surface area contributed by atoms with Crippen LogP contribution >= 0.6 is 0 Å². The van der Waals surface area contributed by atoms with Crippen molar-refractivity contribution in [2.75, 3.05) is 10.0 Å². The fraction of sp³-hybridized carbons (Fsp3) is 0.0500. The second-order valence-corrected chi connectivity index (χ2v) is 6.98. The van der Waals surface area contributed by atoms with Gasteiger partial charge in [-0.15, -0.1) is 0 Å². The van der Waals surface area contributed by atoms with E-state index < -0.39 is 11.3 Å². The van der Waals surface area contributed by atoms with Gasteiger partial charge in [0.1, 0.15) is 11.6 Å². The molecular formula is C20H17N6O3PrS+2. The van der Waals surface area contributed by atoms with Crippen LogP contribution in [-0.4, -0.2) is 28.9 Å². The Balaban J connectivity index is 0.00000272. The zero-order chi connectivity index (χ0) is 20.9. The van der Waals surface area contributed by atoms with Gasteiger partial charge in [-0.3, -0.25) is 9.31 Å². The summed E-state index contributed by atoms with van der Waals surface area (Å²) in [5.74, 6) is 1.60. The number of ether oxygens (including phenoxy) is 1. The van der Waals surface area contributed by atoms with Crippen molar-refractivity contribution in [3.05, 3.63) is 72.4 Å². The molecule has 0 fully saturated rings. The quantitative estimate of drug-likeness (QED) is 0.292. The Kier molecular flexibility index (Phi) is 8.08. The minimum Gasteiger partial charge on any atom is -0.755 e. The number of aromatic amines is 1. The van der Waals surface area contributed by atoms with Crippen LogP contribution in [0.5, 0.6) is 11.8 Å². The molecule has 2 aromatic heterocycles. The van der Waals surface area contributed by atoms with Crippen molar-refractivity contribution in [3.8, 4) is 23.0 Å². The number of aryl methyl sites for hydroxylation is 1. The van der Waals surface area contributed by atoms with E-state index in [0.29, 0.717) is 28.8 Å². The van der Waals surface area contributed by atoms with Crippen molar-refractivity contribution in [2.24, 2.45) is 0 Å². The Morgan fingerprint density at radius 1 is 1.00 bits per heavy atom. The topological polar surface area (TPSA) is 128 Å². The summed E-state index contributed by atoms with van der Waals surface area (Å²) in [5.41, 5.74) is 2.92. The van der Waals surface area contributed by atoms with E-state index in [-0.39, 0.29) is 47.3 Å². The summed E-state index contributed by atoms with van der Waals surface area (Å²) in [4.78, 5) is 8.92. The second-order valence-electron chi connectivity index (χ2n) is 6.31. The first kappa shape index (κ1) is 23.3. The number of benzene rings is 2. The predicted molar refractivity (Wildman–Crippen MR) is 113 cm³/mol. The number of nitrogens with one attached hydrogen (secondary N) is 3. The Bertz CT molecular complexity index is 1170. The van der Waals surface area contributed by atoms with E-state index in [0.717, 1.165) is 11.3 Å². The maximum Gasteiger partial charge on any atom is 3.00 e. The summed E-state index contributed by atoms with van der Waals surface area (Å²) in [5, 5.41) is 10.2. The molecule has 0 saturated carbocycles. The van der Waals surface area contributed by atoms with Crippen molar-refractivity contribution in [2.45, 2.75) is 6.92 Å². The number of hydrogen-bond acceptors (Lipinski definition) is 7. The average molecular weight is 562 g/mol. The number of aromatic nitrogens is 4. The van der Waals surface area contributed by atoms with Crippen LogP contribution in [0, 0.1) is 48.2 Å². The summed E-state index contributed by atoms with van der Waals surface area (Å²) in [6.45, 7) is 1.91. The fourth-order valence-electron chi connectivity index (χ4n) is 2.70. The van der Waals surface area contributed by atoms with Crippen LogP contribution in [0.25, 0.3) is 11.3 Å². The minimum absolute atomic E-state index is 0. The maximum absolute atomic E-state index is 10.7. The largest absolute Gasteiger partial charge is 3.00 e. The van der Waals surface area contributed by atoms with Crippen molar-refractivity contribution in [1.82, 2.24) is 20.2 Å². The summed E-state index contributed by atoms with van der Waals surface area (Å²) >= 11 is -2.39.